The highest BCUT2D eigenvalue weighted by molar-refractivity contribution is 14.1. The molecule has 1 atom stereocenters. The molecule has 1 aliphatic heterocycles. The number of phenolic OH excluding ortho intramolecular Hbond substituents is 1. The molecule has 0 saturated heterocycles. The van der Waals surface area contributed by atoms with Crippen LogP contribution in [0.5, 0.6) is 5.75 Å². The van der Waals surface area contributed by atoms with Crippen molar-refractivity contribution in [2.24, 2.45) is 4.99 Å². The molecule has 2 heterocycles. The molecule has 9 heteroatoms. The average molecular weight is 714 g/mol. The Bertz CT molecular complexity index is 1790. The van der Waals surface area contributed by atoms with Gasteiger partial charge in [0.05, 0.1) is 25.4 Å². The monoisotopic (exact) mass is 713 g/mol. The van der Waals surface area contributed by atoms with E-state index in [0.29, 0.717) is 41.3 Å². The van der Waals surface area contributed by atoms with Crippen molar-refractivity contribution in [3.63, 3.8) is 0 Å². The van der Waals surface area contributed by atoms with E-state index in [1.54, 1.807) is 29.7 Å². The zero-order valence-electron chi connectivity index (χ0n) is 21.4. The molecule has 2 N–H and O–H groups in total. The fourth-order valence-corrected chi connectivity index (χ4v) is 7.14. The lowest BCUT2D eigenvalue weighted by atomic mass is 9.93. The van der Waals surface area contributed by atoms with E-state index in [2.05, 4.69) is 57.7 Å². The van der Waals surface area contributed by atoms with Gasteiger partial charge in [0.15, 0.2) is 4.80 Å². The highest BCUT2D eigenvalue weighted by Gasteiger charge is 2.32. The van der Waals surface area contributed by atoms with E-state index in [4.69, 9.17) is 4.99 Å². The zero-order chi connectivity index (χ0) is 27.8. The van der Waals surface area contributed by atoms with E-state index in [-0.39, 0.29) is 17.2 Å². The van der Waals surface area contributed by atoms with E-state index < -0.39 is 6.04 Å². The van der Waals surface area contributed by atoms with Crippen molar-refractivity contribution < 1.29 is 9.90 Å². The van der Waals surface area contributed by atoms with Crippen molar-refractivity contribution >= 4 is 67.5 Å². The lowest BCUT2D eigenvalue weighted by Crippen LogP contribution is -2.40. The maximum absolute atomic E-state index is 13.9. The number of thiazole rings is 1. The highest BCUT2D eigenvalue weighted by Crippen LogP contribution is 2.32. The van der Waals surface area contributed by atoms with Crippen molar-refractivity contribution in [1.82, 2.24) is 4.57 Å². The Kier molecular flexibility index (Phi) is 7.93. The first-order valence-corrected chi connectivity index (χ1v) is 15.0. The molecule has 0 saturated carbocycles. The summed E-state index contributed by atoms with van der Waals surface area (Å²) in [5.74, 6) is 0.137. The molecule has 0 unspecified atom stereocenters. The number of carbonyl (C=O) groups is 1. The summed E-state index contributed by atoms with van der Waals surface area (Å²) in [4.78, 5) is 32.8. The van der Waals surface area contributed by atoms with Gasteiger partial charge >= 0.3 is 0 Å². The highest BCUT2D eigenvalue weighted by atomic mass is 127. The SMILES string of the molecule is CC1=C(C(=O)Nc2ccccc2)[C@@H](c2ccc(C(C)C)cc2)n2c(s/c(=C/c3cc(Br)cc(I)c3O)c2=O)=N1. The number of hydrogen-bond donors (Lipinski definition) is 2. The molecule has 198 valence electrons. The predicted octanol–water partition coefficient (Wildman–Crippen LogP) is 6.07. The van der Waals surface area contributed by atoms with Crippen molar-refractivity contribution in [3.8, 4) is 5.75 Å². The first kappa shape index (κ1) is 27.5. The third-order valence-electron chi connectivity index (χ3n) is 6.56. The molecule has 0 spiro atoms. The number of nitrogens with one attached hydrogen (secondary N) is 1. The fourth-order valence-electron chi connectivity index (χ4n) is 4.55. The molecule has 0 radical (unpaired) electrons. The second-order valence-electron chi connectivity index (χ2n) is 9.55. The smallest absolute Gasteiger partial charge is 0.271 e. The van der Waals surface area contributed by atoms with Gasteiger partial charge in [-0.3, -0.25) is 14.2 Å². The van der Waals surface area contributed by atoms with Crippen LogP contribution >= 0.6 is 49.9 Å². The third-order valence-corrected chi connectivity index (χ3v) is 8.82. The predicted molar refractivity (Wildman–Crippen MR) is 168 cm³/mol. The number of halogens is 2. The molecule has 0 bridgehead atoms. The molecular weight excluding hydrogens is 689 g/mol. The van der Waals surface area contributed by atoms with Crippen molar-refractivity contribution in [2.45, 2.75) is 32.7 Å². The van der Waals surface area contributed by atoms with Crippen LogP contribution in [0.2, 0.25) is 0 Å². The summed E-state index contributed by atoms with van der Waals surface area (Å²) in [6.07, 6.45) is 1.67. The fraction of sp³-hybridized carbons (Fsp3) is 0.167. The minimum absolute atomic E-state index is 0.101. The average Bonchev–Trinajstić information content (AvgIpc) is 3.20. The van der Waals surface area contributed by atoms with Gasteiger partial charge in [-0.25, -0.2) is 4.99 Å². The Hall–Kier alpha value is -3.02. The maximum atomic E-state index is 13.9. The Balaban J connectivity index is 1.70. The Morgan fingerprint density at radius 3 is 2.51 bits per heavy atom. The van der Waals surface area contributed by atoms with E-state index in [1.807, 2.05) is 54.6 Å². The number of allylic oxidation sites excluding steroid dienone is 1. The molecule has 5 rings (SSSR count). The van der Waals surface area contributed by atoms with Crippen LogP contribution in [-0.2, 0) is 4.79 Å². The summed E-state index contributed by atoms with van der Waals surface area (Å²) in [6, 6.07) is 20.2. The number of aromatic hydroxyl groups is 1. The van der Waals surface area contributed by atoms with Gasteiger partial charge < -0.3 is 10.4 Å². The Morgan fingerprint density at radius 1 is 1.15 bits per heavy atom. The van der Waals surface area contributed by atoms with Crippen molar-refractivity contribution in [2.75, 3.05) is 5.32 Å². The van der Waals surface area contributed by atoms with Crippen LogP contribution in [-0.4, -0.2) is 15.6 Å². The maximum Gasteiger partial charge on any atom is 0.271 e. The molecular formula is C30H25BrIN3O3S. The third kappa shape index (κ3) is 5.53. The van der Waals surface area contributed by atoms with Crippen LogP contribution in [0.3, 0.4) is 0 Å². The number of hydrogen-bond acceptors (Lipinski definition) is 5. The van der Waals surface area contributed by atoms with Gasteiger partial charge in [0.1, 0.15) is 5.75 Å². The number of para-hydroxylation sites is 1. The number of carbonyl (C=O) groups excluding carboxylic acids is 1. The van der Waals surface area contributed by atoms with Gasteiger partial charge in [-0.05, 0) is 76.9 Å². The summed E-state index contributed by atoms with van der Waals surface area (Å²) < 4.78 is 3.47. The Labute approximate surface area is 251 Å². The van der Waals surface area contributed by atoms with Crippen molar-refractivity contribution in [1.29, 1.82) is 0 Å². The molecule has 1 aromatic heterocycles. The molecule has 3 aromatic carbocycles. The lowest BCUT2D eigenvalue weighted by Gasteiger charge is -2.25. The van der Waals surface area contributed by atoms with Crippen LogP contribution < -0.4 is 20.2 Å². The van der Waals surface area contributed by atoms with E-state index in [9.17, 15) is 14.7 Å². The number of anilines is 1. The quantitative estimate of drug-likeness (QED) is 0.247. The second kappa shape index (κ2) is 11.2. The van der Waals surface area contributed by atoms with E-state index >= 15 is 0 Å². The van der Waals surface area contributed by atoms with Gasteiger partial charge in [-0.1, -0.05) is 83.6 Å². The van der Waals surface area contributed by atoms with Crippen molar-refractivity contribution in [3.05, 3.63) is 122 Å². The minimum Gasteiger partial charge on any atom is -0.506 e. The summed E-state index contributed by atoms with van der Waals surface area (Å²) in [5, 5.41) is 13.6. The van der Waals surface area contributed by atoms with Gasteiger partial charge in [-0.2, -0.15) is 0 Å². The molecule has 39 heavy (non-hydrogen) atoms. The first-order chi connectivity index (χ1) is 18.6. The summed E-state index contributed by atoms with van der Waals surface area (Å²) in [6.45, 7) is 6.05. The molecule has 0 fully saturated rings. The standard InChI is InChI=1S/C30H25BrIN3O3S/c1-16(2)18-9-11-19(12-10-18)26-25(28(37)34-22-7-5-4-6-8-22)17(3)33-30-35(26)29(38)24(39-30)14-20-13-21(31)15-23(32)27(20)36/h4-16,26,36H,1-3H3,(H,34,37)/b24-14+/t26-/m1/s1. The number of benzene rings is 3. The minimum atomic E-state index is -0.662. The van der Waals surface area contributed by atoms with Gasteiger partial charge in [0.25, 0.3) is 11.5 Å². The van der Waals surface area contributed by atoms with E-state index in [0.717, 1.165) is 10.0 Å². The molecule has 1 amide bonds. The van der Waals surface area contributed by atoms with Crippen LogP contribution in [0.25, 0.3) is 6.08 Å². The molecule has 1 aliphatic rings. The second-order valence-corrected chi connectivity index (χ2v) is 12.6. The van der Waals surface area contributed by atoms with Crippen LogP contribution in [0.1, 0.15) is 49.4 Å². The molecule has 4 aromatic rings. The molecule has 0 aliphatic carbocycles. The summed E-state index contributed by atoms with van der Waals surface area (Å²) in [7, 11) is 0. The normalized spacial score (nSPS) is 15.3. The summed E-state index contributed by atoms with van der Waals surface area (Å²) >= 11 is 6.76. The van der Waals surface area contributed by atoms with E-state index in [1.165, 1.54) is 16.9 Å². The molecule has 6 nitrogen and oxygen atoms in total. The number of aromatic nitrogens is 1. The zero-order valence-corrected chi connectivity index (χ0v) is 26.0. The number of fused-ring (bicyclic) bond motifs is 1. The number of phenols is 1. The topological polar surface area (TPSA) is 83.7 Å². The van der Waals surface area contributed by atoms with Crippen LogP contribution in [0, 0.1) is 3.57 Å². The van der Waals surface area contributed by atoms with Crippen LogP contribution in [0.4, 0.5) is 5.69 Å². The van der Waals surface area contributed by atoms with Crippen LogP contribution in [0.15, 0.2) is 92.3 Å². The largest absolute Gasteiger partial charge is 0.506 e. The number of nitrogens with zero attached hydrogens (tertiary/aromatic N) is 2. The number of amides is 1. The Morgan fingerprint density at radius 2 is 1.85 bits per heavy atom. The van der Waals surface area contributed by atoms with Gasteiger partial charge in [-0.15, -0.1) is 0 Å². The van der Waals surface area contributed by atoms with Gasteiger partial charge in [0.2, 0.25) is 0 Å². The lowest BCUT2D eigenvalue weighted by molar-refractivity contribution is -0.113. The number of rotatable bonds is 5. The first-order valence-electron chi connectivity index (χ1n) is 12.3. The summed E-state index contributed by atoms with van der Waals surface area (Å²) in [5.41, 5.74) is 3.86. The van der Waals surface area contributed by atoms with Gasteiger partial charge in [0, 0.05) is 15.7 Å².